The molecule has 4 rings (SSSR count). The van der Waals surface area contributed by atoms with Crippen molar-refractivity contribution in [1.82, 2.24) is 0 Å². The van der Waals surface area contributed by atoms with Gasteiger partial charge in [0.1, 0.15) is 5.78 Å². The van der Waals surface area contributed by atoms with Gasteiger partial charge in [-0.25, -0.2) is 0 Å². The lowest BCUT2D eigenvalue weighted by Gasteiger charge is -2.62. The van der Waals surface area contributed by atoms with Crippen molar-refractivity contribution >= 4 is 5.78 Å². The number of allylic oxidation sites excluding steroid dienone is 4. The van der Waals surface area contributed by atoms with Crippen LogP contribution >= 0.6 is 0 Å². The largest absolute Gasteiger partial charge is 0.393 e. The number of carbonyl (C=O) groups is 1. The fourth-order valence-electron chi connectivity index (χ4n) is 8.35. The van der Waals surface area contributed by atoms with Gasteiger partial charge in [-0.15, -0.1) is 0 Å². The van der Waals surface area contributed by atoms with Crippen molar-refractivity contribution in [3.63, 3.8) is 0 Å². The van der Waals surface area contributed by atoms with Crippen molar-refractivity contribution in [1.29, 1.82) is 0 Å². The van der Waals surface area contributed by atoms with Gasteiger partial charge >= 0.3 is 0 Å². The molecule has 2 fully saturated rings. The first-order valence-corrected chi connectivity index (χ1v) is 12.0. The van der Waals surface area contributed by atoms with E-state index in [0.29, 0.717) is 35.4 Å². The summed E-state index contributed by atoms with van der Waals surface area (Å²) in [5.74, 6) is 1.91. The van der Waals surface area contributed by atoms with Crippen molar-refractivity contribution in [3.8, 4) is 0 Å². The van der Waals surface area contributed by atoms with E-state index in [0.717, 1.165) is 25.7 Å². The van der Waals surface area contributed by atoms with Crippen LogP contribution in [0.25, 0.3) is 0 Å². The Morgan fingerprint density at radius 2 is 1.83 bits per heavy atom. The van der Waals surface area contributed by atoms with E-state index in [2.05, 4.69) is 53.7 Å². The molecule has 0 spiro atoms. The van der Waals surface area contributed by atoms with Crippen molar-refractivity contribution in [3.05, 3.63) is 23.3 Å². The maximum Gasteiger partial charge on any atom is 0.130 e. The van der Waals surface area contributed by atoms with Crippen LogP contribution in [0.1, 0.15) is 93.4 Å². The van der Waals surface area contributed by atoms with Gasteiger partial charge in [-0.05, 0) is 96.0 Å². The maximum absolute atomic E-state index is 11.9. The molecule has 7 unspecified atom stereocenters. The molecule has 2 saturated carbocycles. The lowest BCUT2D eigenvalue weighted by atomic mass is 9.43. The topological polar surface area (TPSA) is 37.3 Å². The summed E-state index contributed by atoms with van der Waals surface area (Å²) in [6, 6.07) is 0. The average Bonchev–Trinajstić information content (AvgIpc) is 2.91. The number of aliphatic hydroxyl groups excluding tert-OH is 1. The van der Waals surface area contributed by atoms with Crippen LogP contribution in [-0.4, -0.2) is 17.0 Å². The Morgan fingerprint density at radius 3 is 2.48 bits per heavy atom. The summed E-state index contributed by atoms with van der Waals surface area (Å²) in [5, 5.41) is 10.7. The van der Waals surface area contributed by atoms with Crippen LogP contribution in [0.4, 0.5) is 0 Å². The summed E-state index contributed by atoms with van der Waals surface area (Å²) >= 11 is 0. The van der Waals surface area contributed by atoms with Gasteiger partial charge in [0.05, 0.1) is 6.10 Å². The second-order valence-electron chi connectivity index (χ2n) is 12.3. The van der Waals surface area contributed by atoms with Gasteiger partial charge in [-0.2, -0.15) is 0 Å². The summed E-state index contributed by atoms with van der Waals surface area (Å²) in [6.07, 6.45) is 12.4. The Labute approximate surface area is 178 Å². The number of ketones is 1. The van der Waals surface area contributed by atoms with Gasteiger partial charge in [-0.3, -0.25) is 0 Å². The second kappa shape index (κ2) is 6.55. The third-order valence-corrected chi connectivity index (χ3v) is 10.8. The zero-order valence-corrected chi connectivity index (χ0v) is 19.8. The van der Waals surface area contributed by atoms with Crippen molar-refractivity contribution in [2.45, 2.75) is 99.5 Å². The van der Waals surface area contributed by atoms with Gasteiger partial charge in [0.15, 0.2) is 0 Å². The number of hydrogen-bond acceptors (Lipinski definition) is 2. The van der Waals surface area contributed by atoms with Gasteiger partial charge < -0.3 is 9.90 Å². The molecular weight excluding hydrogens is 356 g/mol. The minimum atomic E-state index is -0.175. The molecule has 0 aromatic heterocycles. The van der Waals surface area contributed by atoms with Crippen molar-refractivity contribution < 1.29 is 9.90 Å². The molecule has 0 amide bonds. The highest BCUT2D eigenvalue weighted by atomic mass is 16.3. The van der Waals surface area contributed by atoms with Crippen LogP contribution in [0.15, 0.2) is 23.3 Å². The number of hydrogen-bond donors (Lipinski definition) is 1. The maximum atomic E-state index is 11.9. The second-order valence-corrected chi connectivity index (χ2v) is 12.3. The van der Waals surface area contributed by atoms with E-state index in [1.165, 1.54) is 12.8 Å². The quantitative estimate of drug-likeness (QED) is 0.590. The molecule has 0 aliphatic heterocycles. The molecule has 0 heterocycles. The number of fused-ring (bicyclic) bond motifs is 5. The highest BCUT2D eigenvalue weighted by Crippen LogP contribution is 2.70. The van der Waals surface area contributed by atoms with Gasteiger partial charge in [0.25, 0.3) is 0 Å². The molecule has 29 heavy (non-hydrogen) atoms. The minimum Gasteiger partial charge on any atom is -0.393 e. The number of aliphatic hydroxyl groups is 1. The van der Waals surface area contributed by atoms with Gasteiger partial charge in [-0.1, -0.05) is 53.7 Å². The van der Waals surface area contributed by atoms with E-state index in [1.54, 1.807) is 18.1 Å². The molecule has 0 aromatic carbocycles. The zero-order valence-electron chi connectivity index (χ0n) is 19.8. The third kappa shape index (κ3) is 2.73. The lowest BCUT2D eigenvalue weighted by molar-refractivity contribution is -0.122. The van der Waals surface area contributed by atoms with Crippen LogP contribution < -0.4 is 0 Å². The van der Waals surface area contributed by atoms with Crippen LogP contribution in [-0.2, 0) is 4.79 Å². The monoisotopic (exact) mass is 398 g/mol. The van der Waals surface area contributed by atoms with Gasteiger partial charge in [0, 0.05) is 6.42 Å². The highest BCUT2D eigenvalue weighted by molar-refractivity contribution is 5.75. The Morgan fingerprint density at radius 1 is 1.14 bits per heavy atom. The summed E-state index contributed by atoms with van der Waals surface area (Å²) in [6.45, 7) is 16.1. The normalized spacial score (nSPS) is 46.7. The molecule has 2 nitrogen and oxygen atoms in total. The molecular formula is C27H42O2. The minimum absolute atomic E-state index is 0.00957. The summed E-state index contributed by atoms with van der Waals surface area (Å²) in [5.41, 5.74) is 3.86. The van der Waals surface area contributed by atoms with E-state index < -0.39 is 0 Å². The molecule has 162 valence electrons. The van der Waals surface area contributed by atoms with Crippen LogP contribution in [0, 0.1) is 39.4 Å². The fourth-order valence-corrected chi connectivity index (χ4v) is 8.35. The Balaban J connectivity index is 1.70. The zero-order chi connectivity index (χ0) is 21.4. The molecule has 4 aliphatic carbocycles. The third-order valence-electron chi connectivity index (χ3n) is 10.8. The first-order valence-electron chi connectivity index (χ1n) is 12.0. The summed E-state index contributed by atoms with van der Waals surface area (Å²) < 4.78 is 0. The Kier molecular flexibility index (Phi) is 4.82. The van der Waals surface area contributed by atoms with Crippen LogP contribution in [0.2, 0.25) is 0 Å². The predicted molar refractivity (Wildman–Crippen MR) is 119 cm³/mol. The molecule has 2 heteroatoms. The Bertz CT molecular complexity index is 773. The lowest BCUT2D eigenvalue weighted by Crippen LogP contribution is -2.56. The highest BCUT2D eigenvalue weighted by Gasteiger charge is 2.61. The summed E-state index contributed by atoms with van der Waals surface area (Å²) in [4.78, 5) is 11.9. The molecule has 0 aromatic rings. The molecule has 0 saturated heterocycles. The van der Waals surface area contributed by atoms with E-state index in [1.807, 2.05) is 0 Å². The Hall–Kier alpha value is -0.890. The number of Topliss-reactive ketones (excluding diaryl/α,β-unsaturated/α-hetero) is 1. The molecule has 4 aliphatic rings. The van der Waals surface area contributed by atoms with Crippen LogP contribution in [0.3, 0.4) is 0 Å². The smallest absolute Gasteiger partial charge is 0.130 e. The number of rotatable bonds is 3. The van der Waals surface area contributed by atoms with E-state index in [-0.39, 0.29) is 22.3 Å². The predicted octanol–water partition coefficient (Wildman–Crippen LogP) is 6.49. The fraction of sp³-hybridized carbons (Fsp3) is 0.815. The number of carbonyl (C=O) groups excluding carboxylic acids is 1. The van der Waals surface area contributed by atoms with Gasteiger partial charge in [0.2, 0.25) is 0 Å². The van der Waals surface area contributed by atoms with E-state index >= 15 is 0 Å². The first kappa shape index (κ1) is 21.3. The molecule has 0 bridgehead atoms. The van der Waals surface area contributed by atoms with Crippen molar-refractivity contribution in [2.24, 2.45) is 39.4 Å². The SMILES string of the molecule is CC(=O)CC(C)C1(C)CC=C2C3=CCC4C(C)(C)C(O)CCC4(C)C3CCC21C. The van der Waals surface area contributed by atoms with E-state index in [4.69, 9.17) is 0 Å². The van der Waals surface area contributed by atoms with E-state index in [9.17, 15) is 9.90 Å². The molecule has 0 radical (unpaired) electrons. The molecule has 1 N–H and O–H groups in total. The molecule has 7 atom stereocenters. The standard InChI is InChI=1S/C27H42O2/c1-17(16-18(2)28)26(6)14-11-21-19-8-9-22-24(3,4)23(29)12-13-25(22,5)20(19)10-15-27(21,26)7/h8,11,17,20,22-23,29H,9-10,12-16H2,1-7H3. The van der Waals surface area contributed by atoms with Crippen LogP contribution in [0.5, 0.6) is 0 Å². The first-order chi connectivity index (χ1) is 13.4. The van der Waals surface area contributed by atoms with Crippen molar-refractivity contribution in [2.75, 3.05) is 0 Å². The average molecular weight is 399 g/mol. The summed E-state index contributed by atoms with van der Waals surface area (Å²) in [7, 11) is 0.